The Morgan fingerprint density at radius 3 is 2.05 bits per heavy atom. The second kappa shape index (κ2) is 5.31. The van der Waals surface area contributed by atoms with Crippen LogP contribution in [0.25, 0.3) is 0 Å². The number of nitrogens with zero attached hydrogens (tertiary/aromatic N) is 1. The molecule has 0 amide bonds. The van der Waals surface area contributed by atoms with Crippen molar-refractivity contribution in [3.63, 3.8) is 0 Å². The van der Waals surface area contributed by atoms with Crippen LogP contribution in [0.1, 0.15) is 11.1 Å². The normalized spacial score (nSPS) is 13.3. The van der Waals surface area contributed by atoms with Gasteiger partial charge in [-0.3, -0.25) is 0 Å². The molecule has 0 saturated carbocycles. The highest BCUT2D eigenvalue weighted by Crippen LogP contribution is 2.42. The number of pyridine rings is 1. The van der Waals surface area contributed by atoms with Crippen LogP contribution in [0.2, 0.25) is 0 Å². The van der Waals surface area contributed by atoms with Gasteiger partial charge < -0.3 is 10.5 Å². The van der Waals surface area contributed by atoms with Crippen LogP contribution in [0.15, 0.2) is 11.2 Å². The molecular formula is C8H7F6N3O3S. The number of alkyl halides is 6. The van der Waals surface area contributed by atoms with Gasteiger partial charge in [0, 0.05) is 18.3 Å². The lowest BCUT2D eigenvalue weighted by Gasteiger charge is -2.19. The number of hydrogen-bond donors (Lipinski definition) is 2. The van der Waals surface area contributed by atoms with E-state index in [-0.39, 0.29) is 0 Å². The number of aromatic nitrogens is 1. The van der Waals surface area contributed by atoms with Crippen molar-refractivity contribution < 1.29 is 39.5 Å². The fourth-order valence-corrected chi connectivity index (χ4v) is 1.99. The summed E-state index contributed by atoms with van der Waals surface area (Å²) in [4.78, 5) is 2.96. The van der Waals surface area contributed by atoms with Gasteiger partial charge in [-0.15, -0.1) is 13.2 Å². The van der Waals surface area contributed by atoms with Crippen molar-refractivity contribution in [2.24, 2.45) is 10.9 Å². The van der Waals surface area contributed by atoms with E-state index in [0.29, 0.717) is 6.20 Å². The number of primary sulfonamides is 1. The third-order valence-corrected chi connectivity index (χ3v) is 2.90. The van der Waals surface area contributed by atoms with E-state index in [4.69, 9.17) is 5.73 Å². The van der Waals surface area contributed by atoms with Gasteiger partial charge in [-0.05, 0) is 0 Å². The van der Waals surface area contributed by atoms with Crippen LogP contribution in [0.5, 0.6) is 5.75 Å². The van der Waals surface area contributed by atoms with E-state index in [1.54, 1.807) is 0 Å². The summed E-state index contributed by atoms with van der Waals surface area (Å²) in [5.74, 6) is -2.06. The third-order valence-electron chi connectivity index (χ3n) is 2.07. The van der Waals surface area contributed by atoms with Crippen molar-refractivity contribution in [1.29, 1.82) is 0 Å². The Morgan fingerprint density at radius 1 is 1.19 bits per heavy atom. The molecule has 0 fully saturated rings. The van der Waals surface area contributed by atoms with E-state index < -0.39 is 51.0 Å². The number of nitrogens with two attached hydrogens (primary N) is 2. The minimum absolute atomic E-state index is 0.367. The molecule has 21 heavy (non-hydrogen) atoms. The number of halogens is 6. The summed E-state index contributed by atoms with van der Waals surface area (Å²) in [5.41, 5.74) is 2.10. The zero-order valence-electron chi connectivity index (χ0n) is 9.79. The molecule has 1 heterocycles. The van der Waals surface area contributed by atoms with E-state index >= 15 is 0 Å². The van der Waals surface area contributed by atoms with Crippen LogP contribution >= 0.6 is 0 Å². The van der Waals surface area contributed by atoms with Gasteiger partial charge in [0.1, 0.15) is 5.56 Å². The van der Waals surface area contributed by atoms with E-state index in [1.165, 1.54) is 0 Å². The average Bonchev–Trinajstić information content (AvgIpc) is 2.22. The number of ether oxygens (including phenoxy) is 1. The van der Waals surface area contributed by atoms with E-state index in [0.717, 1.165) is 0 Å². The van der Waals surface area contributed by atoms with Crippen LogP contribution in [0.4, 0.5) is 26.3 Å². The molecule has 0 atom stereocenters. The molecule has 0 bridgehead atoms. The third kappa shape index (κ3) is 4.18. The van der Waals surface area contributed by atoms with E-state index in [2.05, 4.69) is 14.9 Å². The molecule has 4 N–H and O–H groups in total. The number of sulfonamides is 1. The Labute approximate surface area is 113 Å². The summed E-state index contributed by atoms with van der Waals surface area (Å²) in [7, 11) is -4.99. The molecular weight excluding hydrogens is 332 g/mol. The molecule has 13 heteroatoms. The summed E-state index contributed by atoms with van der Waals surface area (Å²) in [5, 5.41) is 2.85. The molecule has 1 aromatic heterocycles. The minimum atomic E-state index is -5.59. The van der Waals surface area contributed by atoms with Crippen molar-refractivity contribution >= 4 is 10.0 Å². The first-order valence-electron chi connectivity index (χ1n) is 4.85. The predicted octanol–water partition coefficient (Wildman–Crippen LogP) is 1.11. The largest absolute Gasteiger partial charge is 0.573 e. The lowest BCUT2D eigenvalue weighted by molar-refractivity contribution is -0.277. The van der Waals surface area contributed by atoms with Crippen molar-refractivity contribution in [3.05, 3.63) is 17.3 Å². The second-order valence-corrected chi connectivity index (χ2v) is 5.06. The fourth-order valence-electron chi connectivity index (χ4n) is 1.39. The maximum absolute atomic E-state index is 12.9. The summed E-state index contributed by atoms with van der Waals surface area (Å²) in [6.45, 7) is -0.846. The van der Waals surface area contributed by atoms with Gasteiger partial charge in [0.25, 0.3) is 10.0 Å². The van der Waals surface area contributed by atoms with Gasteiger partial charge in [0.05, 0.1) is 0 Å². The highest BCUT2D eigenvalue weighted by atomic mass is 32.2. The zero-order chi connectivity index (χ0) is 16.6. The van der Waals surface area contributed by atoms with Crippen LogP contribution < -0.4 is 15.6 Å². The van der Waals surface area contributed by atoms with Crippen molar-refractivity contribution in [2.45, 2.75) is 24.1 Å². The average molecular weight is 339 g/mol. The Hall–Kier alpha value is -1.60. The molecule has 0 aromatic carbocycles. The molecule has 1 rings (SSSR count). The first-order chi connectivity index (χ1) is 9.27. The molecule has 0 radical (unpaired) electrons. The molecule has 0 aliphatic rings. The SMILES string of the molecule is NCc1cnc(S(N)(=O)=O)c(OC(F)(F)F)c1C(F)(F)F. The smallest absolute Gasteiger partial charge is 0.402 e. The van der Waals surface area contributed by atoms with Crippen LogP contribution in [-0.4, -0.2) is 19.8 Å². The summed E-state index contributed by atoms with van der Waals surface area (Å²) in [6.07, 6.45) is -10.6. The maximum Gasteiger partial charge on any atom is 0.573 e. The van der Waals surface area contributed by atoms with Crippen LogP contribution in [0, 0.1) is 0 Å². The Balaban J connectivity index is 3.80. The van der Waals surface area contributed by atoms with Gasteiger partial charge in [-0.25, -0.2) is 18.5 Å². The van der Waals surface area contributed by atoms with Crippen molar-refractivity contribution in [1.82, 2.24) is 4.98 Å². The minimum Gasteiger partial charge on any atom is -0.402 e. The number of hydrogen-bond acceptors (Lipinski definition) is 5. The van der Waals surface area contributed by atoms with Crippen molar-refractivity contribution in [3.8, 4) is 5.75 Å². The standard InChI is InChI=1S/C8H7F6N3O3S/c9-7(10,11)4-3(1-15)2-17-6(21(16,18)19)5(4)20-8(12,13)14/h2H,1,15H2,(H2,16,18,19). The van der Waals surface area contributed by atoms with Crippen LogP contribution in [0.3, 0.4) is 0 Å². The monoisotopic (exact) mass is 339 g/mol. The lowest BCUT2D eigenvalue weighted by atomic mass is 10.1. The van der Waals surface area contributed by atoms with Gasteiger partial charge in [0.15, 0.2) is 5.75 Å². The quantitative estimate of drug-likeness (QED) is 0.802. The van der Waals surface area contributed by atoms with Gasteiger partial charge in [-0.2, -0.15) is 13.2 Å². The highest BCUT2D eigenvalue weighted by molar-refractivity contribution is 7.89. The van der Waals surface area contributed by atoms with E-state index in [1.807, 2.05) is 0 Å². The lowest BCUT2D eigenvalue weighted by Crippen LogP contribution is -2.26. The zero-order valence-corrected chi connectivity index (χ0v) is 10.6. The fraction of sp³-hybridized carbons (Fsp3) is 0.375. The first-order valence-corrected chi connectivity index (χ1v) is 6.39. The van der Waals surface area contributed by atoms with Gasteiger partial charge >= 0.3 is 12.5 Å². The van der Waals surface area contributed by atoms with Crippen molar-refractivity contribution in [2.75, 3.05) is 0 Å². The molecule has 0 aliphatic carbocycles. The highest BCUT2D eigenvalue weighted by Gasteiger charge is 2.44. The van der Waals surface area contributed by atoms with Crippen LogP contribution in [-0.2, 0) is 22.7 Å². The molecule has 1 aromatic rings. The molecule has 0 saturated heterocycles. The summed E-state index contributed by atoms with van der Waals surface area (Å²) in [6, 6.07) is 0. The molecule has 0 spiro atoms. The number of rotatable bonds is 3. The first kappa shape index (κ1) is 17.5. The Morgan fingerprint density at radius 2 is 1.71 bits per heavy atom. The molecule has 120 valence electrons. The Kier molecular flexibility index (Phi) is 4.41. The molecule has 6 nitrogen and oxygen atoms in total. The summed E-state index contributed by atoms with van der Waals surface area (Å²) >= 11 is 0. The Bertz CT molecular complexity index is 640. The van der Waals surface area contributed by atoms with Gasteiger partial charge in [0.2, 0.25) is 5.03 Å². The predicted molar refractivity (Wildman–Crippen MR) is 55.2 cm³/mol. The molecule has 0 aliphatic heterocycles. The van der Waals surface area contributed by atoms with Gasteiger partial charge in [-0.1, -0.05) is 0 Å². The topological polar surface area (TPSA) is 108 Å². The summed E-state index contributed by atoms with van der Waals surface area (Å²) < 4.78 is 101. The molecule has 0 unspecified atom stereocenters. The maximum atomic E-state index is 12.9. The second-order valence-electron chi connectivity index (χ2n) is 3.59. The van der Waals surface area contributed by atoms with E-state index in [9.17, 15) is 34.8 Å².